The van der Waals surface area contributed by atoms with Crippen LogP contribution in [0.3, 0.4) is 0 Å². The lowest BCUT2D eigenvalue weighted by Crippen LogP contribution is -2.33. The maximum Gasteiger partial charge on any atom is 0.0983 e. The lowest BCUT2D eigenvalue weighted by molar-refractivity contribution is 0.0377. The Kier molecular flexibility index (Phi) is 2.26. The zero-order valence-corrected chi connectivity index (χ0v) is 9.07. The second-order valence-electron chi connectivity index (χ2n) is 4.78. The van der Waals surface area contributed by atoms with E-state index in [1.54, 1.807) is 0 Å². The van der Waals surface area contributed by atoms with Gasteiger partial charge in [-0.25, -0.2) is 0 Å². The lowest BCUT2D eigenvalue weighted by Gasteiger charge is -2.17. The van der Waals surface area contributed by atoms with Gasteiger partial charge in [0, 0.05) is 12.6 Å². The molecule has 0 bridgehead atoms. The molecule has 2 nitrogen and oxygen atoms in total. The fourth-order valence-corrected chi connectivity index (χ4v) is 2.62. The zero-order chi connectivity index (χ0) is 10.3. The summed E-state index contributed by atoms with van der Waals surface area (Å²) in [4.78, 5) is 0. The van der Waals surface area contributed by atoms with E-state index in [0.29, 0.717) is 12.0 Å². The van der Waals surface area contributed by atoms with Crippen LogP contribution < -0.4 is 5.32 Å². The number of rotatable bonds is 0. The number of nitrogens with one attached hydrogen (secondary N) is 1. The van der Waals surface area contributed by atoms with Gasteiger partial charge in [-0.1, -0.05) is 31.2 Å². The van der Waals surface area contributed by atoms with Gasteiger partial charge in [0.25, 0.3) is 0 Å². The van der Waals surface area contributed by atoms with E-state index in [9.17, 15) is 0 Å². The van der Waals surface area contributed by atoms with Gasteiger partial charge in [-0.2, -0.15) is 0 Å². The van der Waals surface area contributed by atoms with E-state index in [4.69, 9.17) is 4.74 Å². The molecule has 0 amide bonds. The van der Waals surface area contributed by atoms with Crippen molar-refractivity contribution in [3.63, 3.8) is 0 Å². The molecule has 3 rings (SSSR count). The van der Waals surface area contributed by atoms with Crippen LogP contribution in [-0.4, -0.2) is 19.2 Å². The van der Waals surface area contributed by atoms with Crippen LogP contribution in [0.5, 0.6) is 0 Å². The highest BCUT2D eigenvalue weighted by molar-refractivity contribution is 5.36. The summed E-state index contributed by atoms with van der Waals surface area (Å²) in [5, 5.41) is 3.62. The van der Waals surface area contributed by atoms with E-state index >= 15 is 0 Å². The number of ether oxygens (including phenoxy) is 1. The SMILES string of the molecule is CC1CNC2Cc3ccccc3C2OC1. The quantitative estimate of drug-likeness (QED) is 0.695. The zero-order valence-electron chi connectivity index (χ0n) is 9.07. The first-order chi connectivity index (χ1) is 7.34. The van der Waals surface area contributed by atoms with Crippen molar-refractivity contribution < 1.29 is 4.74 Å². The summed E-state index contributed by atoms with van der Waals surface area (Å²) < 4.78 is 6.00. The topological polar surface area (TPSA) is 21.3 Å². The molecule has 1 fully saturated rings. The van der Waals surface area contributed by atoms with Gasteiger partial charge >= 0.3 is 0 Å². The second kappa shape index (κ2) is 3.62. The third-order valence-electron chi connectivity index (χ3n) is 3.46. The minimum Gasteiger partial charge on any atom is -0.372 e. The Balaban J connectivity index is 1.91. The van der Waals surface area contributed by atoms with Gasteiger partial charge in [0.1, 0.15) is 0 Å². The van der Waals surface area contributed by atoms with Crippen LogP contribution in [0, 0.1) is 5.92 Å². The molecule has 1 aromatic rings. The molecule has 1 aromatic carbocycles. The van der Waals surface area contributed by atoms with Crippen molar-refractivity contribution in [3.8, 4) is 0 Å². The first kappa shape index (κ1) is 9.37. The largest absolute Gasteiger partial charge is 0.372 e. The Morgan fingerprint density at radius 1 is 1.33 bits per heavy atom. The average molecular weight is 203 g/mol. The first-order valence-electron chi connectivity index (χ1n) is 5.77. The van der Waals surface area contributed by atoms with Gasteiger partial charge in [-0.3, -0.25) is 0 Å². The van der Waals surface area contributed by atoms with Crippen molar-refractivity contribution >= 4 is 0 Å². The number of benzene rings is 1. The van der Waals surface area contributed by atoms with Crippen LogP contribution >= 0.6 is 0 Å². The van der Waals surface area contributed by atoms with Crippen molar-refractivity contribution in [3.05, 3.63) is 35.4 Å². The van der Waals surface area contributed by atoms with Gasteiger partial charge < -0.3 is 10.1 Å². The number of hydrogen-bond acceptors (Lipinski definition) is 2. The summed E-state index contributed by atoms with van der Waals surface area (Å²) in [5.41, 5.74) is 2.85. The molecule has 1 saturated heterocycles. The standard InChI is InChI=1S/C13H17NO/c1-9-7-14-12-6-10-4-2-3-5-11(10)13(12)15-8-9/h2-5,9,12-14H,6-8H2,1H3. The molecular formula is C13H17NO. The normalized spacial score (nSPS) is 34.3. The summed E-state index contributed by atoms with van der Waals surface area (Å²) in [6.07, 6.45) is 1.40. The van der Waals surface area contributed by atoms with Crippen LogP contribution in [0.4, 0.5) is 0 Å². The Morgan fingerprint density at radius 3 is 3.13 bits per heavy atom. The van der Waals surface area contributed by atoms with Crippen molar-refractivity contribution in [2.75, 3.05) is 13.2 Å². The van der Waals surface area contributed by atoms with E-state index in [1.807, 2.05) is 0 Å². The first-order valence-corrected chi connectivity index (χ1v) is 5.77. The number of fused-ring (bicyclic) bond motifs is 3. The van der Waals surface area contributed by atoms with Crippen LogP contribution in [-0.2, 0) is 11.2 Å². The highest BCUT2D eigenvalue weighted by atomic mass is 16.5. The van der Waals surface area contributed by atoms with Gasteiger partial charge in [-0.15, -0.1) is 0 Å². The maximum absolute atomic E-state index is 6.00. The van der Waals surface area contributed by atoms with E-state index in [0.717, 1.165) is 19.6 Å². The molecule has 15 heavy (non-hydrogen) atoms. The highest BCUT2D eigenvalue weighted by Gasteiger charge is 2.34. The molecule has 0 saturated carbocycles. The third-order valence-corrected chi connectivity index (χ3v) is 3.46. The Bertz CT molecular complexity index is 363. The fourth-order valence-electron chi connectivity index (χ4n) is 2.62. The van der Waals surface area contributed by atoms with Crippen LogP contribution in [0.25, 0.3) is 0 Å². The van der Waals surface area contributed by atoms with E-state index in [-0.39, 0.29) is 6.10 Å². The smallest absolute Gasteiger partial charge is 0.0983 e. The van der Waals surface area contributed by atoms with Crippen molar-refractivity contribution in [2.45, 2.75) is 25.5 Å². The molecule has 0 radical (unpaired) electrons. The van der Waals surface area contributed by atoms with Gasteiger partial charge in [0.05, 0.1) is 12.7 Å². The molecule has 80 valence electrons. The van der Waals surface area contributed by atoms with Crippen molar-refractivity contribution in [1.29, 1.82) is 0 Å². The Hall–Kier alpha value is -0.860. The molecule has 1 aliphatic carbocycles. The highest BCUT2D eigenvalue weighted by Crippen LogP contribution is 2.35. The van der Waals surface area contributed by atoms with Crippen LogP contribution in [0.2, 0.25) is 0 Å². The molecule has 1 aliphatic heterocycles. The molecule has 1 heterocycles. The monoisotopic (exact) mass is 203 g/mol. The van der Waals surface area contributed by atoms with Gasteiger partial charge in [0.2, 0.25) is 0 Å². The lowest BCUT2D eigenvalue weighted by atomic mass is 10.1. The Morgan fingerprint density at radius 2 is 2.20 bits per heavy atom. The van der Waals surface area contributed by atoms with Crippen LogP contribution in [0.15, 0.2) is 24.3 Å². The predicted octanol–water partition coefficient (Wildman–Crippen LogP) is 1.91. The summed E-state index contributed by atoms with van der Waals surface area (Å²) in [6.45, 7) is 4.19. The molecule has 3 unspecified atom stereocenters. The minimum absolute atomic E-state index is 0.283. The predicted molar refractivity (Wildman–Crippen MR) is 59.8 cm³/mol. The summed E-state index contributed by atoms with van der Waals surface area (Å²) in [6, 6.07) is 9.15. The molecule has 1 N–H and O–H groups in total. The van der Waals surface area contributed by atoms with Crippen LogP contribution in [0.1, 0.15) is 24.2 Å². The molecule has 3 atom stereocenters. The molecule has 2 aliphatic rings. The summed E-state index contributed by atoms with van der Waals surface area (Å²) in [7, 11) is 0. The summed E-state index contributed by atoms with van der Waals surface area (Å²) in [5.74, 6) is 0.628. The van der Waals surface area contributed by atoms with E-state index < -0.39 is 0 Å². The molecule has 0 aromatic heterocycles. The summed E-state index contributed by atoms with van der Waals surface area (Å²) >= 11 is 0. The molecule has 2 heteroatoms. The fraction of sp³-hybridized carbons (Fsp3) is 0.538. The molecule has 0 spiro atoms. The van der Waals surface area contributed by atoms with Crippen molar-refractivity contribution in [2.24, 2.45) is 5.92 Å². The third kappa shape index (κ3) is 1.58. The molecular weight excluding hydrogens is 186 g/mol. The van der Waals surface area contributed by atoms with Gasteiger partial charge in [-0.05, 0) is 23.5 Å². The average Bonchev–Trinajstić information content (AvgIpc) is 2.51. The second-order valence-corrected chi connectivity index (χ2v) is 4.78. The van der Waals surface area contributed by atoms with Crippen molar-refractivity contribution in [1.82, 2.24) is 5.32 Å². The minimum atomic E-state index is 0.283. The van der Waals surface area contributed by atoms with E-state index in [2.05, 4.69) is 36.5 Å². The maximum atomic E-state index is 6.00. The number of hydrogen-bond donors (Lipinski definition) is 1. The van der Waals surface area contributed by atoms with Gasteiger partial charge in [0.15, 0.2) is 0 Å². The Labute approximate surface area is 90.6 Å². The van der Waals surface area contributed by atoms with E-state index in [1.165, 1.54) is 11.1 Å².